The van der Waals surface area contributed by atoms with Crippen LogP contribution in [0.2, 0.25) is 0 Å². The number of nitrogens with zero attached hydrogens (tertiary/aromatic N) is 3. The number of rotatable bonds is 5. The first-order valence-electron chi connectivity index (χ1n) is 9.50. The Morgan fingerprint density at radius 1 is 1.17 bits per heavy atom. The monoisotopic (exact) mass is 458 g/mol. The summed E-state index contributed by atoms with van der Waals surface area (Å²) >= 11 is 3.18. The van der Waals surface area contributed by atoms with Crippen molar-refractivity contribution in [2.45, 2.75) is 32.2 Å². The SMILES string of the molecule is O=C(COc1ccc(Br)cc1F)Nc1cccc(-c2nnc3n2CCCCC3)c1. The summed E-state index contributed by atoms with van der Waals surface area (Å²) in [6.45, 7) is 0.615. The van der Waals surface area contributed by atoms with Crippen LogP contribution in [0, 0.1) is 5.82 Å². The number of hydrogen-bond acceptors (Lipinski definition) is 4. The van der Waals surface area contributed by atoms with Crippen molar-refractivity contribution >= 4 is 27.5 Å². The Morgan fingerprint density at radius 2 is 2.07 bits per heavy atom. The molecule has 1 aliphatic rings. The number of amides is 1. The Balaban J connectivity index is 1.44. The summed E-state index contributed by atoms with van der Waals surface area (Å²) in [5.41, 5.74) is 1.52. The largest absolute Gasteiger partial charge is 0.481 e. The van der Waals surface area contributed by atoms with Crippen molar-refractivity contribution in [3.63, 3.8) is 0 Å². The molecule has 0 spiro atoms. The van der Waals surface area contributed by atoms with E-state index in [2.05, 4.69) is 36.0 Å². The fourth-order valence-electron chi connectivity index (χ4n) is 3.37. The zero-order valence-corrected chi connectivity index (χ0v) is 17.3. The summed E-state index contributed by atoms with van der Waals surface area (Å²) in [6, 6.07) is 11.9. The van der Waals surface area contributed by atoms with Gasteiger partial charge in [0.15, 0.2) is 24.0 Å². The van der Waals surface area contributed by atoms with Gasteiger partial charge >= 0.3 is 0 Å². The van der Waals surface area contributed by atoms with E-state index in [1.54, 1.807) is 12.1 Å². The Hall–Kier alpha value is -2.74. The van der Waals surface area contributed by atoms with Gasteiger partial charge in [0.2, 0.25) is 0 Å². The van der Waals surface area contributed by atoms with Crippen LogP contribution in [0.4, 0.5) is 10.1 Å². The number of fused-ring (bicyclic) bond motifs is 1. The number of halogens is 2. The smallest absolute Gasteiger partial charge is 0.262 e. The summed E-state index contributed by atoms with van der Waals surface area (Å²) in [7, 11) is 0. The Labute approximate surface area is 176 Å². The average Bonchev–Trinajstić information content (AvgIpc) is 2.96. The number of anilines is 1. The lowest BCUT2D eigenvalue weighted by Gasteiger charge is -2.10. The first kappa shape index (κ1) is 19.6. The molecule has 29 heavy (non-hydrogen) atoms. The van der Waals surface area contributed by atoms with Crippen molar-refractivity contribution in [1.29, 1.82) is 0 Å². The third kappa shape index (κ3) is 4.64. The van der Waals surface area contributed by atoms with Crippen molar-refractivity contribution in [3.05, 3.63) is 58.6 Å². The van der Waals surface area contributed by atoms with Crippen molar-refractivity contribution < 1.29 is 13.9 Å². The van der Waals surface area contributed by atoms with E-state index in [1.807, 2.05) is 18.2 Å². The van der Waals surface area contributed by atoms with Crippen LogP contribution in [0.15, 0.2) is 46.9 Å². The van der Waals surface area contributed by atoms with Gasteiger partial charge < -0.3 is 14.6 Å². The molecule has 0 saturated heterocycles. The molecule has 150 valence electrons. The molecule has 6 nitrogen and oxygen atoms in total. The van der Waals surface area contributed by atoms with Crippen LogP contribution >= 0.6 is 15.9 Å². The minimum absolute atomic E-state index is 0.0308. The minimum atomic E-state index is -0.526. The number of aromatic nitrogens is 3. The molecule has 2 heterocycles. The van der Waals surface area contributed by atoms with Gasteiger partial charge in [-0.25, -0.2) is 4.39 Å². The lowest BCUT2D eigenvalue weighted by molar-refractivity contribution is -0.118. The second kappa shape index (κ2) is 8.73. The molecule has 1 N–H and O–H groups in total. The second-order valence-electron chi connectivity index (χ2n) is 6.89. The molecule has 0 fully saturated rings. The Morgan fingerprint density at radius 3 is 2.93 bits per heavy atom. The van der Waals surface area contributed by atoms with Gasteiger partial charge in [0, 0.05) is 28.7 Å². The van der Waals surface area contributed by atoms with Crippen LogP contribution in [0.3, 0.4) is 0 Å². The van der Waals surface area contributed by atoms with E-state index in [1.165, 1.54) is 18.6 Å². The van der Waals surface area contributed by atoms with E-state index in [0.717, 1.165) is 43.0 Å². The molecule has 8 heteroatoms. The van der Waals surface area contributed by atoms with Gasteiger partial charge in [-0.2, -0.15) is 0 Å². The van der Waals surface area contributed by atoms with Gasteiger partial charge in [0.25, 0.3) is 5.91 Å². The summed E-state index contributed by atoms with van der Waals surface area (Å²) in [4.78, 5) is 12.2. The highest BCUT2D eigenvalue weighted by molar-refractivity contribution is 9.10. The number of carbonyl (C=O) groups is 1. The molecular formula is C21H20BrFN4O2. The molecule has 1 aliphatic heterocycles. The number of nitrogens with one attached hydrogen (secondary N) is 1. The third-order valence-corrected chi connectivity index (χ3v) is 5.26. The zero-order valence-electron chi connectivity index (χ0n) is 15.7. The zero-order chi connectivity index (χ0) is 20.2. The fraction of sp³-hybridized carbons (Fsp3) is 0.286. The van der Waals surface area contributed by atoms with Crippen LogP contribution in [-0.4, -0.2) is 27.3 Å². The van der Waals surface area contributed by atoms with Gasteiger partial charge in [-0.3, -0.25) is 4.79 Å². The molecule has 0 unspecified atom stereocenters. The van der Waals surface area contributed by atoms with Gasteiger partial charge in [-0.1, -0.05) is 34.5 Å². The van der Waals surface area contributed by atoms with Gasteiger partial charge in [-0.05, 0) is 43.2 Å². The molecule has 0 radical (unpaired) electrons. The van der Waals surface area contributed by atoms with E-state index in [4.69, 9.17) is 4.74 Å². The predicted octanol–water partition coefficient (Wildman–Crippen LogP) is 4.59. The number of aryl methyl sites for hydroxylation is 1. The van der Waals surface area contributed by atoms with Crippen molar-refractivity contribution in [2.24, 2.45) is 0 Å². The number of ether oxygens (including phenoxy) is 1. The Kier molecular flexibility index (Phi) is 5.89. The predicted molar refractivity (Wildman–Crippen MR) is 111 cm³/mol. The lowest BCUT2D eigenvalue weighted by Crippen LogP contribution is -2.20. The Bertz CT molecular complexity index is 1040. The summed E-state index contributed by atoms with van der Waals surface area (Å²) in [6.07, 6.45) is 4.37. The van der Waals surface area contributed by atoms with E-state index in [0.29, 0.717) is 10.2 Å². The summed E-state index contributed by atoms with van der Waals surface area (Å²) < 4.78 is 21.9. The molecule has 0 saturated carbocycles. The van der Waals surface area contributed by atoms with Gasteiger partial charge in [-0.15, -0.1) is 10.2 Å². The molecular weight excluding hydrogens is 439 g/mol. The van der Waals surface area contributed by atoms with E-state index < -0.39 is 5.82 Å². The first-order chi connectivity index (χ1) is 14.1. The fourth-order valence-corrected chi connectivity index (χ4v) is 3.70. The average molecular weight is 459 g/mol. The third-order valence-electron chi connectivity index (χ3n) is 4.77. The maximum Gasteiger partial charge on any atom is 0.262 e. The molecule has 1 amide bonds. The topological polar surface area (TPSA) is 69.0 Å². The highest BCUT2D eigenvalue weighted by Crippen LogP contribution is 2.25. The summed E-state index contributed by atoms with van der Waals surface area (Å²) in [5.74, 6) is 0.956. The molecule has 2 aromatic carbocycles. The number of hydrogen-bond donors (Lipinski definition) is 1. The maximum atomic E-state index is 13.8. The molecule has 0 bridgehead atoms. The normalized spacial score (nSPS) is 13.4. The van der Waals surface area contributed by atoms with Crippen LogP contribution in [0.25, 0.3) is 11.4 Å². The standard InChI is InChI=1S/C21H20BrFN4O2/c22-15-8-9-18(17(23)12-15)29-13-20(28)24-16-6-4-5-14(11-16)21-26-25-19-7-2-1-3-10-27(19)21/h4-6,8-9,11-12H,1-3,7,10,13H2,(H,24,28). The van der Waals surface area contributed by atoms with Gasteiger partial charge in [0.1, 0.15) is 5.82 Å². The van der Waals surface area contributed by atoms with Gasteiger partial charge in [0.05, 0.1) is 0 Å². The molecule has 4 rings (SSSR count). The van der Waals surface area contributed by atoms with E-state index >= 15 is 0 Å². The van der Waals surface area contributed by atoms with Crippen molar-refractivity contribution in [3.8, 4) is 17.1 Å². The van der Waals surface area contributed by atoms with E-state index in [9.17, 15) is 9.18 Å². The molecule has 0 aliphatic carbocycles. The maximum absolute atomic E-state index is 13.8. The van der Waals surface area contributed by atoms with Crippen LogP contribution in [0.5, 0.6) is 5.75 Å². The minimum Gasteiger partial charge on any atom is -0.481 e. The van der Waals surface area contributed by atoms with E-state index in [-0.39, 0.29) is 18.3 Å². The highest BCUT2D eigenvalue weighted by atomic mass is 79.9. The highest BCUT2D eigenvalue weighted by Gasteiger charge is 2.16. The molecule has 1 aromatic heterocycles. The van der Waals surface area contributed by atoms with Crippen molar-refractivity contribution in [2.75, 3.05) is 11.9 Å². The molecule has 3 aromatic rings. The first-order valence-corrected chi connectivity index (χ1v) is 10.3. The number of carbonyl (C=O) groups excluding carboxylic acids is 1. The second-order valence-corrected chi connectivity index (χ2v) is 7.81. The summed E-state index contributed by atoms with van der Waals surface area (Å²) in [5, 5.41) is 11.5. The quantitative estimate of drug-likeness (QED) is 0.606. The van der Waals surface area contributed by atoms with Crippen LogP contribution < -0.4 is 10.1 Å². The lowest BCUT2D eigenvalue weighted by atomic mass is 10.2. The van der Waals surface area contributed by atoms with Crippen LogP contribution in [-0.2, 0) is 17.8 Å². The molecule has 0 atom stereocenters. The number of benzene rings is 2. The van der Waals surface area contributed by atoms with Crippen molar-refractivity contribution in [1.82, 2.24) is 14.8 Å². The van der Waals surface area contributed by atoms with Crippen LogP contribution in [0.1, 0.15) is 25.1 Å².